The number of rotatable bonds is 4. The number of esters is 1. The van der Waals surface area contributed by atoms with E-state index in [1.54, 1.807) is 11.0 Å². The number of para-hydroxylation sites is 1. The Labute approximate surface area is 155 Å². The first-order valence-corrected chi connectivity index (χ1v) is 8.56. The lowest BCUT2D eigenvalue weighted by Gasteiger charge is -2.36. The van der Waals surface area contributed by atoms with Crippen molar-refractivity contribution in [3.05, 3.63) is 64.6 Å². The van der Waals surface area contributed by atoms with Crippen molar-refractivity contribution in [2.45, 2.75) is 0 Å². The summed E-state index contributed by atoms with van der Waals surface area (Å²) >= 11 is 6.20. The molecule has 0 spiro atoms. The van der Waals surface area contributed by atoms with Crippen LogP contribution >= 0.6 is 11.6 Å². The van der Waals surface area contributed by atoms with E-state index < -0.39 is 5.97 Å². The molecule has 1 fully saturated rings. The van der Waals surface area contributed by atoms with Crippen molar-refractivity contribution >= 4 is 29.2 Å². The summed E-state index contributed by atoms with van der Waals surface area (Å²) in [6, 6.07) is 12.0. The summed E-state index contributed by atoms with van der Waals surface area (Å²) < 4.78 is 5.38. The SMILES string of the molecule is O=C(OCC(=O)N1CCN(c2ccccc2Cl)CC1)c1cccc[n+]1[O-]. The zero-order chi connectivity index (χ0) is 18.5. The Balaban J connectivity index is 1.50. The molecule has 136 valence electrons. The Morgan fingerprint density at radius 1 is 1.08 bits per heavy atom. The summed E-state index contributed by atoms with van der Waals surface area (Å²) in [6.45, 7) is 1.91. The lowest BCUT2D eigenvalue weighted by atomic mass is 10.2. The maximum atomic E-state index is 12.2. The number of hydrogen-bond acceptors (Lipinski definition) is 5. The van der Waals surface area contributed by atoms with Crippen molar-refractivity contribution in [2.75, 3.05) is 37.7 Å². The molecule has 1 aromatic heterocycles. The number of carbonyl (C=O) groups excluding carboxylic acids is 2. The van der Waals surface area contributed by atoms with E-state index in [2.05, 4.69) is 4.90 Å². The molecule has 7 nitrogen and oxygen atoms in total. The highest BCUT2D eigenvalue weighted by Gasteiger charge is 2.24. The minimum atomic E-state index is -0.816. The van der Waals surface area contributed by atoms with Crippen LogP contribution in [0.1, 0.15) is 10.5 Å². The number of halogens is 1. The summed E-state index contributed by atoms with van der Waals surface area (Å²) in [5.74, 6) is -1.10. The molecule has 0 N–H and O–H groups in total. The Morgan fingerprint density at radius 2 is 1.77 bits per heavy atom. The van der Waals surface area contributed by atoms with E-state index in [4.69, 9.17) is 16.3 Å². The molecule has 0 bridgehead atoms. The molecule has 0 atom stereocenters. The maximum Gasteiger partial charge on any atom is 0.405 e. The Kier molecular flexibility index (Phi) is 5.58. The molecule has 0 radical (unpaired) electrons. The number of anilines is 1. The molecule has 1 amide bonds. The van der Waals surface area contributed by atoms with E-state index in [-0.39, 0.29) is 18.2 Å². The Bertz CT molecular complexity index is 807. The van der Waals surface area contributed by atoms with Gasteiger partial charge in [0.2, 0.25) is 0 Å². The van der Waals surface area contributed by atoms with Crippen molar-refractivity contribution in [1.82, 2.24) is 4.90 Å². The monoisotopic (exact) mass is 375 g/mol. The largest absolute Gasteiger partial charge is 0.618 e. The molecule has 1 saturated heterocycles. The molecular weight excluding hydrogens is 358 g/mol. The highest BCUT2D eigenvalue weighted by Crippen LogP contribution is 2.25. The van der Waals surface area contributed by atoms with Gasteiger partial charge < -0.3 is 19.7 Å². The molecule has 3 rings (SSSR count). The fraction of sp³-hybridized carbons (Fsp3) is 0.278. The Morgan fingerprint density at radius 3 is 2.46 bits per heavy atom. The minimum Gasteiger partial charge on any atom is -0.618 e. The predicted octanol–water partition coefficient (Wildman–Crippen LogP) is 1.48. The zero-order valence-corrected chi connectivity index (χ0v) is 14.8. The van der Waals surface area contributed by atoms with Crippen molar-refractivity contribution in [2.24, 2.45) is 0 Å². The third-order valence-corrected chi connectivity index (χ3v) is 4.51. The van der Waals surface area contributed by atoms with Crippen molar-refractivity contribution in [3.63, 3.8) is 0 Å². The zero-order valence-electron chi connectivity index (χ0n) is 14.0. The van der Waals surface area contributed by atoms with Gasteiger partial charge in [0.1, 0.15) is 0 Å². The van der Waals surface area contributed by atoms with Crippen LogP contribution in [0.2, 0.25) is 5.02 Å². The summed E-state index contributed by atoms with van der Waals surface area (Å²) in [4.78, 5) is 27.9. The lowest BCUT2D eigenvalue weighted by molar-refractivity contribution is -0.608. The third kappa shape index (κ3) is 4.05. The standard InChI is InChI=1S/C18H18ClN3O4/c19-14-5-1-2-6-15(14)20-9-11-21(12-10-20)17(23)13-26-18(24)16-7-3-4-8-22(16)25/h1-8H,9-13H2. The van der Waals surface area contributed by atoms with Gasteiger partial charge in [-0.3, -0.25) is 4.79 Å². The van der Waals surface area contributed by atoms with E-state index in [1.165, 1.54) is 18.3 Å². The van der Waals surface area contributed by atoms with Gasteiger partial charge >= 0.3 is 11.7 Å². The van der Waals surface area contributed by atoms with Gasteiger partial charge in [0.05, 0.1) is 10.7 Å². The van der Waals surface area contributed by atoms with E-state index in [0.29, 0.717) is 35.9 Å². The first-order valence-electron chi connectivity index (χ1n) is 8.19. The van der Waals surface area contributed by atoms with Gasteiger partial charge in [0.15, 0.2) is 12.8 Å². The van der Waals surface area contributed by atoms with E-state index in [1.807, 2.05) is 24.3 Å². The van der Waals surface area contributed by atoms with Gasteiger partial charge in [0, 0.05) is 38.3 Å². The number of hydrogen-bond donors (Lipinski definition) is 0. The van der Waals surface area contributed by atoms with Crippen LogP contribution in [0.5, 0.6) is 0 Å². The highest BCUT2D eigenvalue weighted by atomic mass is 35.5. The van der Waals surface area contributed by atoms with Crippen LogP contribution in [0.15, 0.2) is 48.7 Å². The minimum absolute atomic E-state index is 0.149. The fourth-order valence-corrected chi connectivity index (χ4v) is 3.04. The predicted molar refractivity (Wildman–Crippen MR) is 95.9 cm³/mol. The van der Waals surface area contributed by atoms with Crippen LogP contribution in [0.4, 0.5) is 5.69 Å². The normalized spacial score (nSPS) is 14.2. The van der Waals surface area contributed by atoms with Crippen molar-refractivity contribution in [3.8, 4) is 0 Å². The molecule has 8 heteroatoms. The molecular formula is C18H18ClN3O4. The number of aromatic nitrogens is 1. The molecule has 0 unspecified atom stereocenters. The Hall–Kier alpha value is -2.80. The number of ether oxygens (including phenoxy) is 1. The van der Waals surface area contributed by atoms with Gasteiger partial charge in [-0.25, -0.2) is 4.79 Å². The van der Waals surface area contributed by atoms with Gasteiger partial charge in [-0.2, -0.15) is 4.73 Å². The van der Waals surface area contributed by atoms with Gasteiger partial charge in [-0.1, -0.05) is 23.7 Å². The molecule has 1 aliphatic heterocycles. The molecule has 0 aliphatic carbocycles. The van der Waals surface area contributed by atoms with Crippen LogP contribution in [0.25, 0.3) is 0 Å². The lowest BCUT2D eigenvalue weighted by Crippen LogP contribution is -2.50. The number of benzene rings is 1. The number of nitrogens with zero attached hydrogens (tertiary/aromatic N) is 3. The molecule has 2 aromatic rings. The van der Waals surface area contributed by atoms with Crippen molar-refractivity contribution in [1.29, 1.82) is 0 Å². The topological polar surface area (TPSA) is 76.8 Å². The average molecular weight is 376 g/mol. The second-order valence-corrected chi connectivity index (χ2v) is 6.21. The van der Waals surface area contributed by atoms with E-state index >= 15 is 0 Å². The molecule has 0 saturated carbocycles. The second-order valence-electron chi connectivity index (χ2n) is 5.81. The van der Waals surface area contributed by atoms with Gasteiger partial charge in [0.25, 0.3) is 5.91 Å². The quantitative estimate of drug-likeness (QED) is 0.459. The fourth-order valence-electron chi connectivity index (χ4n) is 2.78. The van der Waals surface area contributed by atoms with E-state index in [0.717, 1.165) is 5.69 Å². The smallest absolute Gasteiger partial charge is 0.405 e. The second kappa shape index (κ2) is 8.05. The van der Waals surface area contributed by atoms with Crippen LogP contribution in [-0.4, -0.2) is 49.6 Å². The number of carbonyl (C=O) groups is 2. The molecule has 1 aliphatic rings. The summed E-state index contributed by atoms with van der Waals surface area (Å²) in [6.07, 6.45) is 1.20. The molecule has 1 aromatic carbocycles. The van der Waals surface area contributed by atoms with Crippen LogP contribution in [-0.2, 0) is 9.53 Å². The number of piperazine rings is 1. The number of pyridine rings is 1. The average Bonchev–Trinajstić information content (AvgIpc) is 2.67. The maximum absolute atomic E-state index is 12.2. The number of amides is 1. The highest BCUT2D eigenvalue weighted by molar-refractivity contribution is 6.33. The third-order valence-electron chi connectivity index (χ3n) is 4.19. The molecule has 2 heterocycles. The van der Waals surface area contributed by atoms with Crippen LogP contribution in [0, 0.1) is 5.21 Å². The summed E-state index contributed by atoms with van der Waals surface area (Å²) in [7, 11) is 0. The first-order chi connectivity index (χ1) is 12.6. The van der Waals surface area contributed by atoms with Gasteiger partial charge in [-0.05, 0) is 18.2 Å². The molecule has 26 heavy (non-hydrogen) atoms. The summed E-state index contributed by atoms with van der Waals surface area (Å²) in [5, 5.41) is 12.2. The van der Waals surface area contributed by atoms with Crippen LogP contribution in [0.3, 0.4) is 0 Å². The first kappa shape index (κ1) is 18.0. The van der Waals surface area contributed by atoms with Crippen LogP contribution < -0.4 is 9.63 Å². The summed E-state index contributed by atoms with van der Waals surface area (Å²) in [5.41, 5.74) is 0.792. The van der Waals surface area contributed by atoms with Crippen molar-refractivity contribution < 1.29 is 19.1 Å². The van der Waals surface area contributed by atoms with Gasteiger partial charge in [-0.15, -0.1) is 0 Å². The van der Waals surface area contributed by atoms with E-state index in [9.17, 15) is 14.8 Å².